The Morgan fingerprint density at radius 3 is 2.70 bits per heavy atom. The first-order valence-corrected chi connectivity index (χ1v) is 7.17. The van der Waals surface area contributed by atoms with Crippen molar-refractivity contribution in [1.82, 2.24) is 4.90 Å². The number of hydrogen-bond donors (Lipinski definition) is 1. The number of aliphatic hydroxyl groups excluding tert-OH is 1. The van der Waals surface area contributed by atoms with Gasteiger partial charge in [-0.25, -0.2) is 0 Å². The third-order valence-corrected chi connectivity index (χ3v) is 3.97. The predicted octanol–water partition coefficient (Wildman–Crippen LogP) is 2.07. The Balaban J connectivity index is 2.01. The molecule has 0 aliphatic carbocycles. The van der Waals surface area contributed by atoms with E-state index in [1.165, 1.54) is 5.56 Å². The number of hydrogen-bond acceptors (Lipinski definition) is 4. The monoisotopic (exact) mass is 277 g/mol. The fourth-order valence-electron chi connectivity index (χ4n) is 2.90. The molecule has 1 saturated heterocycles. The van der Waals surface area contributed by atoms with Gasteiger partial charge in [-0.15, -0.1) is 0 Å². The number of β-amino-alcohol motifs (C(OH)–C–C–N with tert-alkyl or cyclic N) is 1. The molecule has 1 aromatic rings. The van der Waals surface area contributed by atoms with Crippen molar-refractivity contribution in [3.63, 3.8) is 0 Å². The number of aldehydes is 1. The quantitative estimate of drug-likeness (QED) is 0.837. The molecule has 1 heterocycles. The average molecular weight is 277 g/mol. The molecule has 1 atom stereocenters. The largest absolute Gasteiger partial charge is 0.496 e. The molecule has 4 nitrogen and oxygen atoms in total. The van der Waals surface area contributed by atoms with Gasteiger partial charge in [0.25, 0.3) is 0 Å². The first-order valence-electron chi connectivity index (χ1n) is 7.17. The van der Waals surface area contributed by atoms with E-state index in [4.69, 9.17) is 4.74 Å². The van der Waals surface area contributed by atoms with Gasteiger partial charge in [-0.05, 0) is 56.5 Å². The maximum absolute atomic E-state index is 10.9. The van der Waals surface area contributed by atoms with Gasteiger partial charge in [-0.3, -0.25) is 4.79 Å². The van der Waals surface area contributed by atoms with Gasteiger partial charge in [0, 0.05) is 6.54 Å². The Labute approximate surface area is 120 Å². The van der Waals surface area contributed by atoms with E-state index in [1.807, 2.05) is 25.1 Å². The fraction of sp³-hybridized carbons (Fsp3) is 0.562. The summed E-state index contributed by atoms with van der Waals surface area (Å²) < 4.78 is 5.27. The van der Waals surface area contributed by atoms with E-state index in [0.29, 0.717) is 17.2 Å². The van der Waals surface area contributed by atoms with Crippen LogP contribution < -0.4 is 4.74 Å². The molecule has 20 heavy (non-hydrogen) atoms. The molecule has 0 bridgehead atoms. The van der Waals surface area contributed by atoms with Gasteiger partial charge in [-0.2, -0.15) is 0 Å². The van der Waals surface area contributed by atoms with Crippen LogP contribution in [-0.4, -0.2) is 49.1 Å². The molecule has 1 fully saturated rings. The van der Waals surface area contributed by atoms with E-state index in [-0.39, 0.29) is 6.10 Å². The van der Waals surface area contributed by atoms with E-state index in [9.17, 15) is 9.90 Å². The number of methoxy groups -OCH3 is 1. The van der Waals surface area contributed by atoms with Crippen molar-refractivity contribution in [2.75, 3.05) is 26.7 Å². The minimum Gasteiger partial charge on any atom is -0.496 e. The van der Waals surface area contributed by atoms with E-state index >= 15 is 0 Å². The molecule has 0 aromatic heterocycles. The molecule has 0 saturated carbocycles. The van der Waals surface area contributed by atoms with Gasteiger partial charge in [0.2, 0.25) is 0 Å². The van der Waals surface area contributed by atoms with Crippen LogP contribution >= 0.6 is 0 Å². The number of carbonyl (C=O) groups is 1. The molecule has 1 N–H and O–H groups in total. The number of carbonyl (C=O) groups excluding carboxylic acids is 1. The average Bonchev–Trinajstić information content (AvgIpc) is 2.46. The number of benzene rings is 1. The number of rotatable bonds is 5. The number of ether oxygens (including phenoxy) is 1. The van der Waals surface area contributed by atoms with Crippen molar-refractivity contribution >= 4 is 6.29 Å². The zero-order valence-electron chi connectivity index (χ0n) is 12.2. The van der Waals surface area contributed by atoms with Crippen LogP contribution in [0.1, 0.15) is 41.6 Å². The summed E-state index contributed by atoms with van der Waals surface area (Å²) >= 11 is 0. The Hall–Kier alpha value is -1.39. The highest BCUT2D eigenvalue weighted by molar-refractivity contribution is 5.79. The van der Waals surface area contributed by atoms with Gasteiger partial charge in [0.15, 0.2) is 6.29 Å². The van der Waals surface area contributed by atoms with E-state index in [1.54, 1.807) is 7.11 Å². The standard InChI is InChI=1S/C16H23NO3/c1-12(19)10-17-7-5-13(6-8-17)14-3-4-15(11-18)16(9-14)20-2/h3-4,9,11-13,19H,5-8,10H2,1-2H3/t12-/m0/s1. The number of likely N-dealkylation sites (tertiary alicyclic amines) is 1. The lowest BCUT2D eigenvalue weighted by atomic mass is 9.88. The van der Waals surface area contributed by atoms with E-state index < -0.39 is 0 Å². The molecule has 0 unspecified atom stereocenters. The molecule has 1 aliphatic heterocycles. The first-order chi connectivity index (χ1) is 9.63. The van der Waals surface area contributed by atoms with Crippen molar-refractivity contribution in [3.8, 4) is 5.75 Å². The Morgan fingerprint density at radius 1 is 1.45 bits per heavy atom. The summed E-state index contributed by atoms with van der Waals surface area (Å²) in [4.78, 5) is 13.2. The Kier molecular flexibility index (Phi) is 5.15. The molecular weight excluding hydrogens is 254 g/mol. The summed E-state index contributed by atoms with van der Waals surface area (Å²) in [5.41, 5.74) is 1.84. The number of nitrogens with zero attached hydrogens (tertiary/aromatic N) is 1. The highest BCUT2D eigenvalue weighted by Gasteiger charge is 2.22. The molecular formula is C16H23NO3. The zero-order valence-corrected chi connectivity index (χ0v) is 12.2. The van der Waals surface area contributed by atoms with Crippen molar-refractivity contribution < 1.29 is 14.6 Å². The first kappa shape index (κ1) is 15.0. The summed E-state index contributed by atoms with van der Waals surface area (Å²) in [5.74, 6) is 1.17. The van der Waals surface area contributed by atoms with E-state index in [0.717, 1.165) is 38.8 Å². The zero-order chi connectivity index (χ0) is 14.5. The normalized spacial score (nSPS) is 18.8. The third-order valence-electron chi connectivity index (χ3n) is 3.97. The molecule has 4 heteroatoms. The van der Waals surface area contributed by atoms with Gasteiger partial charge in [0.1, 0.15) is 5.75 Å². The highest BCUT2D eigenvalue weighted by atomic mass is 16.5. The van der Waals surface area contributed by atoms with Crippen LogP contribution in [0.4, 0.5) is 0 Å². The lowest BCUT2D eigenvalue weighted by molar-refractivity contribution is 0.109. The predicted molar refractivity (Wildman–Crippen MR) is 78.5 cm³/mol. The van der Waals surface area contributed by atoms with Crippen LogP contribution in [0, 0.1) is 0 Å². The minimum atomic E-state index is -0.265. The number of piperidine rings is 1. The fourth-order valence-corrected chi connectivity index (χ4v) is 2.90. The Morgan fingerprint density at radius 2 is 2.15 bits per heavy atom. The van der Waals surface area contributed by atoms with Crippen LogP contribution in [-0.2, 0) is 0 Å². The summed E-state index contributed by atoms with van der Waals surface area (Å²) in [6.07, 6.45) is 2.72. The van der Waals surface area contributed by atoms with Crippen LogP contribution in [0.25, 0.3) is 0 Å². The van der Waals surface area contributed by atoms with Crippen LogP contribution in [0.5, 0.6) is 5.75 Å². The van der Waals surface area contributed by atoms with Crippen molar-refractivity contribution in [3.05, 3.63) is 29.3 Å². The smallest absolute Gasteiger partial charge is 0.153 e. The lowest BCUT2D eigenvalue weighted by Crippen LogP contribution is -2.37. The molecule has 0 radical (unpaired) electrons. The molecule has 2 rings (SSSR count). The maximum Gasteiger partial charge on any atom is 0.153 e. The summed E-state index contributed by atoms with van der Waals surface area (Å²) in [6.45, 7) is 4.59. The van der Waals surface area contributed by atoms with Gasteiger partial charge in [0.05, 0.1) is 18.8 Å². The van der Waals surface area contributed by atoms with Crippen molar-refractivity contribution in [2.24, 2.45) is 0 Å². The summed E-state index contributed by atoms with van der Waals surface area (Å²) in [5, 5.41) is 9.42. The van der Waals surface area contributed by atoms with Crippen molar-refractivity contribution in [2.45, 2.75) is 31.8 Å². The number of aliphatic hydroxyl groups is 1. The minimum absolute atomic E-state index is 0.265. The maximum atomic E-state index is 10.9. The summed E-state index contributed by atoms with van der Waals surface area (Å²) in [7, 11) is 1.59. The lowest BCUT2D eigenvalue weighted by Gasteiger charge is -2.33. The SMILES string of the molecule is COc1cc(C2CCN(C[C@H](C)O)CC2)ccc1C=O. The molecule has 110 valence electrons. The molecule has 0 amide bonds. The van der Waals surface area contributed by atoms with Crippen LogP contribution in [0.3, 0.4) is 0 Å². The van der Waals surface area contributed by atoms with Crippen LogP contribution in [0.15, 0.2) is 18.2 Å². The van der Waals surface area contributed by atoms with Gasteiger partial charge < -0.3 is 14.7 Å². The molecule has 1 aliphatic rings. The third kappa shape index (κ3) is 3.58. The second-order valence-corrected chi connectivity index (χ2v) is 5.54. The van der Waals surface area contributed by atoms with Crippen LogP contribution in [0.2, 0.25) is 0 Å². The van der Waals surface area contributed by atoms with Crippen molar-refractivity contribution in [1.29, 1.82) is 0 Å². The van der Waals surface area contributed by atoms with E-state index in [2.05, 4.69) is 4.90 Å². The second-order valence-electron chi connectivity index (χ2n) is 5.54. The summed E-state index contributed by atoms with van der Waals surface area (Å²) in [6, 6.07) is 5.85. The Bertz CT molecular complexity index is 451. The molecule has 0 spiro atoms. The topological polar surface area (TPSA) is 49.8 Å². The second kappa shape index (κ2) is 6.86. The van der Waals surface area contributed by atoms with Gasteiger partial charge >= 0.3 is 0 Å². The molecule has 1 aromatic carbocycles. The van der Waals surface area contributed by atoms with Gasteiger partial charge in [-0.1, -0.05) is 6.07 Å². The highest BCUT2D eigenvalue weighted by Crippen LogP contribution is 2.31.